The molecule has 6 nitrogen and oxygen atoms in total. The van der Waals surface area contributed by atoms with E-state index in [1.54, 1.807) is 0 Å². The number of nitrogens with zero attached hydrogens (tertiary/aromatic N) is 4. The van der Waals surface area contributed by atoms with E-state index in [-0.39, 0.29) is 5.91 Å². The first-order valence-electron chi connectivity index (χ1n) is 11.6. The van der Waals surface area contributed by atoms with Crippen LogP contribution >= 0.6 is 0 Å². The Bertz CT molecular complexity index is 1220. The zero-order chi connectivity index (χ0) is 23.2. The summed E-state index contributed by atoms with van der Waals surface area (Å²) in [5.41, 5.74) is 4.51. The van der Waals surface area contributed by atoms with Crippen LogP contribution in [0.3, 0.4) is 0 Å². The lowest BCUT2D eigenvalue weighted by Crippen LogP contribution is -2.46. The van der Waals surface area contributed by atoms with Gasteiger partial charge in [-0.15, -0.1) is 0 Å². The summed E-state index contributed by atoms with van der Waals surface area (Å²) >= 11 is 0. The zero-order valence-corrected chi connectivity index (χ0v) is 19.0. The molecular formula is C28H27N5O. The van der Waals surface area contributed by atoms with Gasteiger partial charge in [-0.25, -0.2) is 9.97 Å². The quantitative estimate of drug-likeness (QED) is 0.464. The van der Waals surface area contributed by atoms with E-state index in [0.29, 0.717) is 12.2 Å². The maximum atomic E-state index is 12.6. The van der Waals surface area contributed by atoms with Crippen LogP contribution in [-0.2, 0) is 11.2 Å². The monoisotopic (exact) mass is 449 g/mol. The number of aromatic nitrogens is 2. The van der Waals surface area contributed by atoms with E-state index < -0.39 is 0 Å². The predicted molar refractivity (Wildman–Crippen MR) is 137 cm³/mol. The van der Waals surface area contributed by atoms with Crippen molar-refractivity contribution in [2.24, 2.45) is 0 Å². The molecule has 0 bridgehead atoms. The van der Waals surface area contributed by atoms with Crippen LogP contribution in [0.15, 0.2) is 97.3 Å². The summed E-state index contributed by atoms with van der Waals surface area (Å²) in [6, 6.07) is 30.6. The van der Waals surface area contributed by atoms with Crippen molar-refractivity contribution in [1.82, 2.24) is 9.97 Å². The van der Waals surface area contributed by atoms with E-state index in [9.17, 15) is 4.79 Å². The van der Waals surface area contributed by atoms with Crippen molar-refractivity contribution in [2.75, 3.05) is 41.3 Å². The van der Waals surface area contributed by atoms with Gasteiger partial charge in [0.25, 0.3) is 0 Å². The molecule has 0 atom stereocenters. The Hall–Kier alpha value is -4.19. The predicted octanol–water partition coefficient (Wildman–Crippen LogP) is 4.65. The molecule has 1 fully saturated rings. The number of hydrogen-bond donors (Lipinski definition) is 1. The van der Waals surface area contributed by atoms with Gasteiger partial charge >= 0.3 is 0 Å². The van der Waals surface area contributed by atoms with Crippen LogP contribution < -0.4 is 15.1 Å². The average molecular weight is 450 g/mol. The molecule has 0 aliphatic carbocycles. The fraction of sp³-hybridized carbons (Fsp3) is 0.179. The molecule has 5 rings (SSSR count). The molecule has 170 valence electrons. The van der Waals surface area contributed by atoms with Gasteiger partial charge in [0.15, 0.2) is 0 Å². The molecule has 6 heteroatoms. The first kappa shape index (κ1) is 21.6. The van der Waals surface area contributed by atoms with Crippen molar-refractivity contribution in [3.8, 4) is 11.1 Å². The Labute approximate surface area is 199 Å². The summed E-state index contributed by atoms with van der Waals surface area (Å²) in [5.74, 6) is 1.28. The second-order valence-corrected chi connectivity index (χ2v) is 8.36. The van der Waals surface area contributed by atoms with Gasteiger partial charge in [0.05, 0.1) is 6.42 Å². The Balaban J connectivity index is 1.17. The van der Waals surface area contributed by atoms with Crippen molar-refractivity contribution < 1.29 is 4.79 Å². The van der Waals surface area contributed by atoms with Crippen LogP contribution in [0.4, 0.5) is 17.3 Å². The third-order valence-electron chi connectivity index (χ3n) is 6.07. The molecule has 1 aliphatic rings. The van der Waals surface area contributed by atoms with Crippen molar-refractivity contribution >= 4 is 23.2 Å². The SMILES string of the molecule is O=C(Cc1ccc(-c2ccccc2)cc1)Nc1cc(N2CCN(c3ccccc3)CC2)ncn1. The summed E-state index contributed by atoms with van der Waals surface area (Å²) in [5, 5.41) is 2.92. The summed E-state index contributed by atoms with van der Waals surface area (Å²) in [6.07, 6.45) is 1.81. The van der Waals surface area contributed by atoms with E-state index in [1.807, 2.05) is 42.5 Å². The summed E-state index contributed by atoms with van der Waals surface area (Å²) < 4.78 is 0. The maximum absolute atomic E-state index is 12.6. The molecule has 0 saturated carbocycles. The number of piperazine rings is 1. The number of para-hydroxylation sites is 1. The van der Waals surface area contributed by atoms with Crippen LogP contribution in [0.2, 0.25) is 0 Å². The van der Waals surface area contributed by atoms with Gasteiger partial charge < -0.3 is 15.1 Å². The number of benzene rings is 3. The van der Waals surface area contributed by atoms with Crippen molar-refractivity contribution in [1.29, 1.82) is 0 Å². The molecule has 0 radical (unpaired) electrons. The second-order valence-electron chi connectivity index (χ2n) is 8.36. The summed E-state index contributed by atoms with van der Waals surface area (Å²) in [7, 11) is 0. The molecule has 4 aromatic rings. The number of anilines is 3. The zero-order valence-electron chi connectivity index (χ0n) is 19.0. The van der Waals surface area contributed by atoms with E-state index in [4.69, 9.17) is 0 Å². The number of carbonyl (C=O) groups excluding carboxylic acids is 1. The smallest absolute Gasteiger partial charge is 0.229 e. The topological polar surface area (TPSA) is 61.4 Å². The highest BCUT2D eigenvalue weighted by Crippen LogP contribution is 2.21. The van der Waals surface area contributed by atoms with E-state index in [2.05, 4.69) is 73.6 Å². The molecule has 3 aromatic carbocycles. The van der Waals surface area contributed by atoms with E-state index in [1.165, 1.54) is 12.0 Å². The van der Waals surface area contributed by atoms with Crippen LogP contribution in [-0.4, -0.2) is 42.1 Å². The normalized spacial score (nSPS) is 13.5. The molecular weight excluding hydrogens is 422 g/mol. The standard InChI is InChI=1S/C28H27N5O/c34-28(19-22-11-13-24(14-12-22)23-7-3-1-4-8-23)31-26-20-27(30-21-29-26)33-17-15-32(16-18-33)25-9-5-2-6-10-25/h1-14,20-21H,15-19H2,(H,29,30,31,34). The molecule has 1 saturated heterocycles. The number of hydrogen-bond acceptors (Lipinski definition) is 5. The van der Waals surface area contributed by atoms with Gasteiger partial charge in [-0.2, -0.15) is 0 Å². The van der Waals surface area contributed by atoms with Crippen molar-refractivity contribution in [2.45, 2.75) is 6.42 Å². The Morgan fingerprint density at radius 2 is 1.35 bits per heavy atom. The number of amides is 1. The van der Waals surface area contributed by atoms with E-state index in [0.717, 1.165) is 48.7 Å². The molecule has 1 amide bonds. The minimum Gasteiger partial charge on any atom is -0.368 e. The lowest BCUT2D eigenvalue weighted by atomic mass is 10.0. The largest absolute Gasteiger partial charge is 0.368 e. The lowest BCUT2D eigenvalue weighted by molar-refractivity contribution is -0.115. The molecule has 1 aliphatic heterocycles. The molecule has 0 spiro atoms. The van der Waals surface area contributed by atoms with Gasteiger partial charge in [0.1, 0.15) is 18.0 Å². The third kappa shape index (κ3) is 5.23. The molecule has 0 unspecified atom stereocenters. The Kier molecular flexibility index (Phi) is 6.47. The Morgan fingerprint density at radius 3 is 2.06 bits per heavy atom. The van der Waals surface area contributed by atoms with Crippen LogP contribution in [0.5, 0.6) is 0 Å². The summed E-state index contributed by atoms with van der Waals surface area (Å²) in [4.78, 5) is 25.9. The highest BCUT2D eigenvalue weighted by atomic mass is 16.1. The van der Waals surface area contributed by atoms with Gasteiger partial charge in [-0.1, -0.05) is 72.8 Å². The fourth-order valence-electron chi connectivity index (χ4n) is 4.24. The number of rotatable bonds is 6. The minimum absolute atomic E-state index is 0.0917. The molecule has 2 heterocycles. The van der Waals surface area contributed by atoms with Crippen molar-refractivity contribution in [3.63, 3.8) is 0 Å². The van der Waals surface area contributed by atoms with Crippen LogP contribution in [0.1, 0.15) is 5.56 Å². The fourth-order valence-corrected chi connectivity index (χ4v) is 4.24. The van der Waals surface area contributed by atoms with Crippen LogP contribution in [0.25, 0.3) is 11.1 Å². The lowest BCUT2D eigenvalue weighted by Gasteiger charge is -2.36. The first-order chi connectivity index (χ1) is 16.7. The van der Waals surface area contributed by atoms with Gasteiger partial charge in [-0.05, 0) is 28.8 Å². The highest BCUT2D eigenvalue weighted by molar-refractivity contribution is 5.91. The first-order valence-corrected chi connectivity index (χ1v) is 11.6. The van der Waals surface area contributed by atoms with Gasteiger partial charge in [-0.3, -0.25) is 4.79 Å². The van der Waals surface area contributed by atoms with Crippen LogP contribution in [0, 0.1) is 0 Å². The molecule has 1 N–H and O–H groups in total. The summed E-state index contributed by atoms with van der Waals surface area (Å²) in [6.45, 7) is 3.59. The minimum atomic E-state index is -0.0917. The number of carbonyl (C=O) groups is 1. The molecule has 34 heavy (non-hydrogen) atoms. The maximum Gasteiger partial charge on any atom is 0.229 e. The van der Waals surface area contributed by atoms with Gasteiger partial charge in [0, 0.05) is 37.9 Å². The second kappa shape index (κ2) is 10.2. The Morgan fingerprint density at radius 1 is 0.735 bits per heavy atom. The number of nitrogens with one attached hydrogen (secondary N) is 1. The highest BCUT2D eigenvalue weighted by Gasteiger charge is 2.19. The van der Waals surface area contributed by atoms with E-state index >= 15 is 0 Å². The van der Waals surface area contributed by atoms with Crippen molar-refractivity contribution in [3.05, 3.63) is 103 Å². The third-order valence-corrected chi connectivity index (χ3v) is 6.07. The average Bonchev–Trinajstić information content (AvgIpc) is 2.90. The molecule has 1 aromatic heterocycles. The van der Waals surface area contributed by atoms with Gasteiger partial charge in [0.2, 0.25) is 5.91 Å².